The molecule has 1 N–H and O–H groups in total. The topological polar surface area (TPSA) is 40.9 Å². The zero-order valence-corrected chi connectivity index (χ0v) is 18.6. The fourth-order valence-electron chi connectivity index (χ4n) is 5.53. The van der Waals surface area contributed by atoms with Gasteiger partial charge in [-0.05, 0) is 60.1 Å². The predicted octanol–water partition coefficient (Wildman–Crippen LogP) is 7.38. The van der Waals surface area contributed by atoms with Crippen LogP contribution in [0.15, 0.2) is 91.0 Å². The quantitative estimate of drug-likeness (QED) is 0.265. The summed E-state index contributed by atoms with van der Waals surface area (Å²) in [6, 6.07) is 33.7. The van der Waals surface area contributed by atoms with Crippen molar-refractivity contribution in [3.8, 4) is 0 Å². The minimum absolute atomic E-state index is 0.0776. The van der Waals surface area contributed by atoms with Crippen molar-refractivity contribution in [2.24, 2.45) is 17.8 Å². The van der Waals surface area contributed by atoms with E-state index in [0.717, 1.165) is 17.9 Å². The van der Waals surface area contributed by atoms with Crippen molar-refractivity contribution >= 4 is 6.08 Å². The fraction of sp³-hybridized carbons (Fsp3) is 0.345. The molecule has 0 saturated heterocycles. The summed E-state index contributed by atoms with van der Waals surface area (Å²) in [7, 11) is 0. The lowest BCUT2D eigenvalue weighted by atomic mass is 9.57. The van der Waals surface area contributed by atoms with Crippen LogP contribution in [0.4, 0.5) is 0 Å². The van der Waals surface area contributed by atoms with Gasteiger partial charge in [-0.15, -0.1) is 0 Å². The first kappa shape index (κ1) is 22.7. The van der Waals surface area contributed by atoms with Gasteiger partial charge in [-0.1, -0.05) is 105 Å². The Hall–Kier alpha value is -2.96. The van der Waals surface area contributed by atoms with E-state index in [2.05, 4.69) is 105 Å². The molecule has 2 nitrogen and oxygen atoms in total. The smallest absolute Gasteiger partial charge is 0.222 e. The van der Waals surface area contributed by atoms with Crippen LogP contribution in [0.1, 0.15) is 56.2 Å². The molecule has 0 unspecified atom stereocenters. The monoisotopic (exact) mass is 411 g/mol. The molecular weight excluding hydrogens is 378 g/mol. The Morgan fingerprint density at radius 3 is 1.32 bits per heavy atom. The van der Waals surface area contributed by atoms with Crippen molar-refractivity contribution < 1.29 is 4.79 Å². The third-order valence-corrected chi connectivity index (χ3v) is 7.01. The summed E-state index contributed by atoms with van der Waals surface area (Å²) in [6.07, 6.45) is 6.02. The predicted molar refractivity (Wildman–Crippen MR) is 128 cm³/mol. The number of nitrogens with one attached hydrogen (secondary N) is 1. The first-order valence-electron chi connectivity index (χ1n) is 11.3. The summed E-state index contributed by atoms with van der Waals surface area (Å²) >= 11 is 0. The molecule has 31 heavy (non-hydrogen) atoms. The van der Waals surface area contributed by atoms with E-state index in [0.29, 0.717) is 5.92 Å². The minimum atomic E-state index is -0.0776. The van der Waals surface area contributed by atoms with Crippen molar-refractivity contribution in [1.29, 1.82) is 5.41 Å². The molecule has 4 rings (SSSR count). The van der Waals surface area contributed by atoms with Crippen LogP contribution in [0.3, 0.4) is 0 Å². The first-order valence-corrected chi connectivity index (χ1v) is 11.3. The second kappa shape index (κ2) is 10.9. The van der Waals surface area contributed by atoms with E-state index in [1.54, 1.807) is 0 Å². The zero-order chi connectivity index (χ0) is 22.1. The van der Waals surface area contributed by atoms with Crippen molar-refractivity contribution in [3.63, 3.8) is 0 Å². The Labute approximate surface area is 186 Å². The molecule has 160 valence electrons. The van der Waals surface area contributed by atoms with Gasteiger partial charge in [-0.25, -0.2) is 10.2 Å². The van der Waals surface area contributed by atoms with Crippen LogP contribution in [0.5, 0.6) is 0 Å². The van der Waals surface area contributed by atoms with E-state index in [-0.39, 0.29) is 5.41 Å². The van der Waals surface area contributed by atoms with E-state index < -0.39 is 0 Å². The molecule has 0 amide bonds. The Kier molecular flexibility index (Phi) is 7.98. The maximum Gasteiger partial charge on any atom is 0.231 e. The molecule has 1 saturated carbocycles. The van der Waals surface area contributed by atoms with Crippen LogP contribution in [0.25, 0.3) is 0 Å². The average Bonchev–Trinajstić information content (AvgIpc) is 2.83. The van der Waals surface area contributed by atoms with E-state index >= 15 is 0 Å². The van der Waals surface area contributed by atoms with Gasteiger partial charge in [0, 0.05) is 5.41 Å². The number of isocyanates is 1. The molecule has 1 fully saturated rings. The standard InChI is InChI=1S/C28H32.CHNO/c1-22(2)23-18-20-27(21-19-23)28(24-12-6-3-7-13-24,25-14-8-4-9-15-25)26-16-10-5-11-17-26;2-1-3/h3-17,22-23,27H,18-21H2,1-2H3;2H. The molecule has 0 spiro atoms. The lowest BCUT2D eigenvalue weighted by molar-refractivity contribution is 0.186. The van der Waals surface area contributed by atoms with Gasteiger partial charge in [0.25, 0.3) is 0 Å². The lowest BCUT2D eigenvalue weighted by Crippen LogP contribution is -2.40. The fourth-order valence-corrected chi connectivity index (χ4v) is 5.53. The van der Waals surface area contributed by atoms with Gasteiger partial charge in [0.1, 0.15) is 0 Å². The van der Waals surface area contributed by atoms with Crippen LogP contribution in [0, 0.1) is 23.2 Å². The molecule has 0 aliphatic heterocycles. The Bertz CT molecular complexity index is 839. The highest BCUT2D eigenvalue weighted by Gasteiger charge is 2.44. The van der Waals surface area contributed by atoms with Gasteiger partial charge >= 0.3 is 0 Å². The van der Waals surface area contributed by atoms with Crippen LogP contribution < -0.4 is 0 Å². The third kappa shape index (κ3) is 4.86. The molecule has 0 radical (unpaired) electrons. The van der Waals surface area contributed by atoms with Crippen LogP contribution in [0.2, 0.25) is 0 Å². The van der Waals surface area contributed by atoms with Gasteiger partial charge in [0.05, 0.1) is 0 Å². The van der Waals surface area contributed by atoms with Crippen LogP contribution in [-0.2, 0) is 10.2 Å². The maximum atomic E-state index is 8.35. The molecular formula is C29H33NO. The average molecular weight is 412 g/mol. The van der Waals surface area contributed by atoms with Gasteiger partial charge in [-0.2, -0.15) is 0 Å². The van der Waals surface area contributed by atoms with E-state index in [1.807, 2.05) is 0 Å². The number of hydrogen-bond acceptors (Lipinski definition) is 2. The minimum Gasteiger partial charge on any atom is -0.222 e. The van der Waals surface area contributed by atoms with E-state index in [9.17, 15) is 0 Å². The molecule has 1 aliphatic carbocycles. The highest BCUT2D eigenvalue weighted by molar-refractivity contribution is 5.51. The normalized spacial score (nSPS) is 18.5. The summed E-state index contributed by atoms with van der Waals surface area (Å²) in [6.45, 7) is 4.79. The summed E-state index contributed by atoms with van der Waals surface area (Å²) in [5, 5.41) is 5.40. The second-order valence-corrected chi connectivity index (χ2v) is 8.86. The van der Waals surface area contributed by atoms with Gasteiger partial charge in [-0.3, -0.25) is 0 Å². The zero-order valence-electron chi connectivity index (χ0n) is 18.6. The summed E-state index contributed by atoms with van der Waals surface area (Å²) in [5.74, 6) is 2.28. The van der Waals surface area contributed by atoms with Gasteiger partial charge in [0.15, 0.2) is 0 Å². The molecule has 1 aliphatic rings. The number of rotatable bonds is 5. The van der Waals surface area contributed by atoms with Crippen molar-refractivity contribution in [1.82, 2.24) is 0 Å². The first-order chi connectivity index (χ1) is 15.1. The maximum absolute atomic E-state index is 8.35. The van der Waals surface area contributed by atoms with Gasteiger partial charge in [0.2, 0.25) is 6.08 Å². The van der Waals surface area contributed by atoms with Crippen LogP contribution in [-0.4, -0.2) is 6.08 Å². The van der Waals surface area contributed by atoms with Crippen molar-refractivity contribution in [2.75, 3.05) is 0 Å². The van der Waals surface area contributed by atoms with Crippen molar-refractivity contribution in [3.05, 3.63) is 108 Å². The molecule has 0 aromatic heterocycles. The number of carbonyl (C=O) groups excluding carboxylic acids is 1. The summed E-state index contributed by atoms with van der Waals surface area (Å²) in [4.78, 5) is 8.35. The number of benzene rings is 3. The summed E-state index contributed by atoms with van der Waals surface area (Å²) in [5.41, 5.74) is 4.22. The van der Waals surface area contributed by atoms with E-state index in [4.69, 9.17) is 10.2 Å². The molecule has 2 heteroatoms. The Morgan fingerprint density at radius 1 is 0.710 bits per heavy atom. The second-order valence-electron chi connectivity index (χ2n) is 8.86. The Morgan fingerprint density at radius 2 is 1.03 bits per heavy atom. The van der Waals surface area contributed by atoms with Crippen LogP contribution >= 0.6 is 0 Å². The summed E-state index contributed by atoms with van der Waals surface area (Å²) < 4.78 is 0. The third-order valence-electron chi connectivity index (χ3n) is 7.01. The molecule has 0 bridgehead atoms. The molecule has 3 aromatic carbocycles. The SMILES string of the molecule is CC(C)C1CCC(C(c2ccccc2)(c2ccccc2)c2ccccc2)CC1.N=C=O. The largest absolute Gasteiger partial charge is 0.231 e. The lowest BCUT2D eigenvalue weighted by Gasteiger charge is -2.46. The highest BCUT2D eigenvalue weighted by Crippen LogP contribution is 2.51. The highest BCUT2D eigenvalue weighted by atomic mass is 16.1. The Balaban J connectivity index is 0.000000858. The van der Waals surface area contributed by atoms with Crippen molar-refractivity contribution in [2.45, 2.75) is 44.9 Å². The molecule has 0 atom stereocenters. The molecule has 0 heterocycles. The van der Waals surface area contributed by atoms with E-state index in [1.165, 1.54) is 42.4 Å². The molecule has 3 aromatic rings. The number of hydrogen-bond donors (Lipinski definition) is 1. The van der Waals surface area contributed by atoms with Gasteiger partial charge < -0.3 is 0 Å².